The Bertz CT molecular complexity index is 1050. The maximum Gasteiger partial charge on any atom is 0.270 e. The molecule has 0 aliphatic heterocycles. The summed E-state index contributed by atoms with van der Waals surface area (Å²) in [6.07, 6.45) is 7.12. The van der Waals surface area contributed by atoms with Gasteiger partial charge < -0.3 is 5.32 Å². The van der Waals surface area contributed by atoms with E-state index in [2.05, 4.69) is 20.3 Å². The lowest BCUT2D eigenvalue weighted by molar-refractivity contribution is 0.0944. The minimum atomic E-state index is -0.155. The van der Waals surface area contributed by atoms with Gasteiger partial charge in [-0.25, -0.2) is 4.98 Å². The highest BCUT2D eigenvalue weighted by Gasteiger charge is 2.15. The van der Waals surface area contributed by atoms with Gasteiger partial charge in [-0.3, -0.25) is 19.2 Å². The first-order valence-corrected chi connectivity index (χ1v) is 8.29. The van der Waals surface area contributed by atoms with E-state index in [1.165, 1.54) is 0 Å². The molecule has 4 aromatic heterocycles. The number of nitrogens with zero attached hydrogens (tertiary/aromatic N) is 4. The summed E-state index contributed by atoms with van der Waals surface area (Å²) in [6, 6.07) is 13.4. The van der Waals surface area contributed by atoms with E-state index in [0.717, 1.165) is 22.5 Å². The van der Waals surface area contributed by atoms with Crippen LogP contribution in [0, 0.1) is 6.92 Å². The van der Waals surface area contributed by atoms with Crippen molar-refractivity contribution in [1.82, 2.24) is 24.7 Å². The number of aromatic nitrogens is 4. The summed E-state index contributed by atoms with van der Waals surface area (Å²) in [5.41, 5.74) is 4.77. The Kier molecular flexibility index (Phi) is 4.15. The Morgan fingerprint density at radius 3 is 2.81 bits per heavy atom. The first kappa shape index (κ1) is 16.0. The summed E-state index contributed by atoms with van der Waals surface area (Å²) in [5, 5.41) is 2.94. The zero-order valence-corrected chi connectivity index (χ0v) is 14.3. The van der Waals surface area contributed by atoms with Crippen LogP contribution in [0.5, 0.6) is 0 Å². The lowest BCUT2D eigenvalue weighted by Crippen LogP contribution is -2.25. The Hall–Kier alpha value is -3.54. The Balaban J connectivity index is 1.48. The van der Waals surface area contributed by atoms with E-state index < -0.39 is 0 Å². The maximum absolute atomic E-state index is 12.6. The predicted octanol–water partition coefficient (Wildman–Crippen LogP) is 3.03. The second-order valence-corrected chi connectivity index (χ2v) is 5.95. The van der Waals surface area contributed by atoms with Crippen LogP contribution in [0.15, 0.2) is 67.3 Å². The Morgan fingerprint density at radius 2 is 2.04 bits per heavy atom. The quantitative estimate of drug-likeness (QED) is 0.618. The lowest BCUT2D eigenvalue weighted by Gasteiger charge is -2.07. The van der Waals surface area contributed by atoms with Crippen molar-refractivity contribution in [2.45, 2.75) is 13.5 Å². The van der Waals surface area contributed by atoms with Crippen LogP contribution in [0.4, 0.5) is 0 Å². The minimum absolute atomic E-state index is 0.155. The number of fused-ring (bicyclic) bond motifs is 1. The summed E-state index contributed by atoms with van der Waals surface area (Å²) < 4.78 is 1.80. The van der Waals surface area contributed by atoms with E-state index in [1.54, 1.807) is 23.0 Å². The van der Waals surface area contributed by atoms with Gasteiger partial charge in [0.25, 0.3) is 5.91 Å². The van der Waals surface area contributed by atoms with E-state index in [4.69, 9.17) is 0 Å². The second kappa shape index (κ2) is 6.76. The number of aryl methyl sites for hydroxylation is 1. The van der Waals surface area contributed by atoms with E-state index in [9.17, 15) is 4.79 Å². The predicted molar refractivity (Wildman–Crippen MR) is 98.6 cm³/mol. The van der Waals surface area contributed by atoms with E-state index in [1.807, 2.05) is 55.6 Å². The number of imidazole rings is 1. The molecule has 128 valence electrons. The largest absolute Gasteiger partial charge is 0.347 e. The molecule has 0 saturated heterocycles. The molecule has 4 heterocycles. The molecule has 0 saturated carbocycles. The van der Waals surface area contributed by atoms with Crippen molar-refractivity contribution in [3.8, 4) is 11.3 Å². The monoisotopic (exact) mass is 343 g/mol. The highest BCUT2D eigenvalue weighted by Crippen LogP contribution is 2.15. The van der Waals surface area contributed by atoms with Gasteiger partial charge in [-0.05, 0) is 42.8 Å². The second-order valence-electron chi connectivity index (χ2n) is 5.95. The highest BCUT2D eigenvalue weighted by atomic mass is 16.1. The molecule has 26 heavy (non-hydrogen) atoms. The van der Waals surface area contributed by atoms with Crippen LogP contribution in [0.2, 0.25) is 0 Å². The highest BCUT2D eigenvalue weighted by molar-refractivity contribution is 5.94. The summed E-state index contributed by atoms with van der Waals surface area (Å²) in [4.78, 5) is 25.6. The molecule has 0 bridgehead atoms. The topological polar surface area (TPSA) is 72.2 Å². The van der Waals surface area contributed by atoms with E-state index in [0.29, 0.717) is 17.9 Å². The third-order valence-electron chi connectivity index (χ3n) is 4.15. The van der Waals surface area contributed by atoms with Crippen molar-refractivity contribution in [2.75, 3.05) is 0 Å². The number of carbonyl (C=O) groups is 1. The van der Waals surface area contributed by atoms with Gasteiger partial charge >= 0.3 is 0 Å². The van der Waals surface area contributed by atoms with Gasteiger partial charge in [-0.15, -0.1) is 0 Å². The van der Waals surface area contributed by atoms with Gasteiger partial charge in [-0.2, -0.15) is 0 Å². The molecule has 0 unspecified atom stereocenters. The molecule has 0 radical (unpaired) electrons. The molecule has 0 aliphatic rings. The number of carbonyl (C=O) groups excluding carboxylic acids is 1. The zero-order chi connectivity index (χ0) is 17.9. The first-order valence-electron chi connectivity index (χ1n) is 8.29. The van der Waals surface area contributed by atoms with Crippen LogP contribution in [0.25, 0.3) is 16.9 Å². The van der Waals surface area contributed by atoms with Crippen LogP contribution in [-0.2, 0) is 6.54 Å². The molecule has 6 heteroatoms. The number of hydrogen-bond donors (Lipinski definition) is 1. The summed E-state index contributed by atoms with van der Waals surface area (Å²) >= 11 is 0. The molecule has 1 amide bonds. The fraction of sp³-hybridized carbons (Fsp3) is 0.100. The molecule has 6 nitrogen and oxygen atoms in total. The Morgan fingerprint density at radius 1 is 1.12 bits per heavy atom. The Labute approximate surface area is 150 Å². The average molecular weight is 343 g/mol. The van der Waals surface area contributed by atoms with Gasteiger partial charge in [-0.1, -0.05) is 12.1 Å². The van der Waals surface area contributed by atoms with Gasteiger partial charge in [0.1, 0.15) is 11.3 Å². The van der Waals surface area contributed by atoms with Crippen LogP contribution < -0.4 is 5.32 Å². The molecule has 0 fully saturated rings. The van der Waals surface area contributed by atoms with Crippen molar-refractivity contribution >= 4 is 11.6 Å². The molecular weight excluding hydrogens is 326 g/mol. The van der Waals surface area contributed by atoms with Gasteiger partial charge in [0, 0.05) is 36.9 Å². The molecule has 0 spiro atoms. The van der Waals surface area contributed by atoms with Crippen molar-refractivity contribution in [2.24, 2.45) is 0 Å². The van der Waals surface area contributed by atoms with Crippen molar-refractivity contribution in [3.63, 3.8) is 0 Å². The van der Waals surface area contributed by atoms with Crippen LogP contribution in [0.1, 0.15) is 21.7 Å². The van der Waals surface area contributed by atoms with Gasteiger partial charge in [0.2, 0.25) is 0 Å². The summed E-state index contributed by atoms with van der Waals surface area (Å²) in [7, 11) is 0. The number of pyridine rings is 3. The number of amides is 1. The molecule has 0 atom stereocenters. The fourth-order valence-corrected chi connectivity index (χ4v) is 2.87. The van der Waals surface area contributed by atoms with Gasteiger partial charge in [0.05, 0.1) is 11.4 Å². The van der Waals surface area contributed by atoms with E-state index >= 15 is 0 Å². The normalized spacial score (nSPS) is 10.8. The van der Waals surface area contributed by atoms with Gasteiger partial charge in [0.15, 0.2) is 0 Å². The lowest BCUT2D eigenvalue weighted by atomic mass is 10.1. The van der Waals surface area contributed by atoms with Crippen molar-refractivity contribution in [1.29, 1.82) is 0 Å². The molecule has 1 N–H and O–H groups in total. The molecule has 4 aromatic rings. The number of nitrogens with one attached hydrogen (secondary N) is 1. The first-order chi connectivity index (χ1) is 12.7. The smallest absolute Gasteiger partial charge is 0.270 e. The van der Waals surface area contributed by atoms with Crippen molar-refractivity contribution < 1.29 is 4.79 Å². The van der Waals surface area contributed by atoms with Crippen molar-refractivity contribution in [3.05, 3.63) is 84.2 Å². The standard InChI is InChI=1S/C20H17N5O/c1-14-19(25-10-3-2-6-18(25)24-14)20(26)23-12-15-7-8-17(22-11-15)16-5-4-9-21-13-16/h2-11,13H,12H2,1H3,(H,23,26). The SMILES string of the molecule is Cc1nc2ccccn2c1C(=O)NCc1ccc(-c2cccnc2)nc1. The third kappa shape index (κ3) is 3.04. The summed E-state index contributed by atoms with van der Waals surface area (Å²) in [5.74, 6) is -0.155. The van der Waals surface area contributed by atoms with Crippen LogP contribution >= 0.6 is 0 Å². The maximum atomic E-state index is 12.6. The van der Waals surface area contributed by atoms with E-state index in [-0.39, 0.29) is 5.91 Å². The molecular formula is C20H17N5O. The molecule has 0 aromatic carbocycles. The average Bonchev–Trinajstić information content (AvgIpc) is 3.03. The fourth-order valence-electron chi connectivity index (χ4n) is 2.87. The number of rotatable bonds is 4. The minimum Gasteiger partial charge on any atom is -0.347 e. The number of hydrogen-bond acceptors (Lipinski definition) is 4. The molecule has 0 aliphatic carbocycles. The summed E-state index contributed by atoms with van der Waals surface area (Å²) in [6.45, 7) is 2.24. The molecule has 4 rings (SSSR count). The van der Waals surface area contributed by atoms with Crippen LogP contribution in [-0.4, -0.2) is 25.3 Å². The third-order valence-corrected chi connectivity index (χ3v) is 4.15. The van der Waals surface area contributed by atoms with Crippen LogP contribution in [0.3, 0.4) is 0 Å². The zero-order valence-electron chi connectivity index (χ0n) is 14.3.